The molecule has 0 unspecified atom stereocenters. The number of hydrazone groups is 1. The molecule has 0 saturated carbocycles. The summed E-state index contributed by atoms with van der Waals surface area (Å²) in [5.74, 6) is 1.52. The summed E-state index contributed by atoms with van der Waals surface area (Å²) in [6.07, 6.45) is 3.66. The van der Waals surface area contributed by atoms with Crippen LogP contribution in [0.2, 0.25) is 0 Å². The van der Waals surface area contributed by atoms with Gasteiger partial charge in [-0.3, -0.25) is 5.43 Å². The van der Waals surface area contributed by atoms with Gasteiger partial charge in [0, 0.05) is 16.3 Å². The molecular formula is C18H16N4O. The molecule has 0 amide bonds. The number of hydrogen-bond donors (Lipinski definition) is 1. The number of ether oxygens (including phenoxy) is 1. The van der Waals surface area contributed by atoms with E-state index in [-0.39, 0.29) is 0 Å². The fourth-order valence-corrected chi connectivity index (χ4v) is 2.90. The molecule has 0 bridgehead atoms. The first-order valence-electron chi connectivity index (χ1n) is 7.55. The van der Waals surface area contributed by atoms with Crippen LogP contribution >= 0.6 is 0 Å². The summed E-state index contributed by atoms with van der Waals surface area (Å²) in [5, 5.41) is 14.8. The molecule has 2 aromatic carbocycles. The number of aromatic nitrogens is 2. The third-order valence-electron chi connectivity index (χ3n) is 4.13. The minimum absolute atomic E-state index is 0.673. The van der Waals surface area contributed by atoms with E-state index < -0.39 is 0 Å². The summed E-state index contributed by atoms with van der Waals surface area (Å²) in [6.45, 7) is 0. The summed E-state index contributed by atoms with van der Waals surface area (Å²) in [7, 11) is 1.68. The van der Waals surface area contributed by atoms with Crippen LogP contribution in [-0.4, -0.2) is 23.0 Å². The Morgan fingerprint density at radius 2 is 2.04 bits per heavy atom. The van der Waals surface area contributed by atoms with Gasteiger partial charge < -0.3 is 4.74 Å². The highest BCUT2D eigenvalue weighted by Gasteiger charge is 2.18. The van der Waals surface area contributed by atoms with Crippen molar-refractivity contribution in [3.8, 4) is 5.75 Å². The monoisotopic (exact) mass is 304 g/mol. The number of nitrogens with zero attached hydrogens (tertiary/aromatic N) is 3. The molecule has 4 rings (SSSR count). The molecule has 5 nitrogen and oxygen atoms in total. The second-order valence-electron chi connectivity index (χ2n) is 5.47. The second kappa shape index (κ2) is 5.68. The van der Waals surface area contributed by atoms with E-state index in [1.165, 1.54) is 5.56 Å². The zero-order valence-corrected chi connectivity index (χ0v) is 12.8. The van der Waals surface area contributed by atoms with Gasteiger partial charge in [-0.15, -0.1) is 5.10 Å². The van der Waals surface area contributed by atoms with Crippen LogP contribution in [0.1, 0.15) is 17.5 Å². The maximum atomic E-state index is 5.31. The predicted octanol–water partition coefficient (Wildman–Crippen LogP) is 3.40. The first-order chi connectivity index (χ1) is 11.3. The third-order valence-corrected chi connectivity index (χ3v) is 4.13. The van der Waals surface area contributed by atoms with E-state index in [4.69, 9.17) is 4.74 Å². The average molecular weight is 304 g/mol. The number of anilines is 1. The van der Waals surface area contributed by atoms with E-state index in [1.54, 1.807) is 13.3 Å². The van der Waals surface area contributed by atoms with Crippen molar-refractivity contribution < 1.29 is 4.74 Å². The third kappa shape index (κ3) is 2.50. The van der Waals surface area contributed by atoms with E-state index in [9.17, 15) is 0 Å². The van der Waals surface area contributed by atoms with Crippen LogP contribution in [0, 0.1) is 0 Å². The number of fused-ring (bicyclic) bond motifs is 2. The van der Waals surface area contributed by atoms with Gasteiger partial charge in [-0.2, -0.15) is 10.2 Å². The van der Waals surface area contributed by atoms with Crippen LogP contribution < -0.4 is 10.2 Å². The Balaban J connectivity index is 1.68. The highest BCUT2D eigenvalue weighted by molar-refractivity contribution is 6.05. The van der Waals surface area contributed by atoms with Gasteiger partial charge >= 0.3 is 0 Å². The van der Waals surface area contributed by atoms with Gasteiger partial charge in [0.05, 0.1) is 19.0 Å². The SMILES string of the molecule is COc1ccc2c(c1)/C(=N/Nc1nncc3ccccc13)CC2. The lowest BCUT2D eigenvalue weighted by Gasteiger charge is -2.06. The van der Waals surface area contributed by atoms with Crippen LogP contribution in [0.5, 0.6) is 5.75 Å². The van der Waals surface area contributed by atoms with Crippen molar-refractivity contribution in [2.24, 2.45) is 5.10 Å². The number of hydrogen-bond acceptors (Lipinski definition) is 5. The molecule has 0 spiro atoms. The van der Waals surface area contributed by atoms with E-state index in [2.05, 4.69) is 26.8 Å². The van der Waals surface area contributed by atoms with Crippen molar-refractivity contribution in [3.05, 3.63) is 59.8 Å². The van der Waals surface area contributed by atoms with Gasteiger partial charge in [0.1, 0.15) is 5.75 Å². The quantitative estimate of drug-likeness (QED) is 0.753. The summed E-state index contributed by atoms with van der Waals surface area (Å²) in [6, 6.07) is 14.1. The Kier molecular flexibility index (Phi) is 3.38. The zero-order valence-electron chi connectivity index (χ0n) is 12.8. The lowest BCUT2D eigenvalue weighted by atomic mass is 10.1. The Morgan fingerprint density at radius 1 is 1.13 bits per heavy atom. The second-order valence-corrected chi connectivity index (χ2v) is 5.47. The Bertz CT molecular complexity index is 899. The number of aryl methyl sites for hydroxylation is 1. The molecule has 23 heavy (non-hydrogen) atoms. The highest BCUT2D eigenvalue weighted by atomic mass is 16.5. The molecular weight excluding hydrogens is 288 g/mol. The normalized spacial score (nSPS) is 14.9. The topological polar surface area (TPSA) is 59.4 Å². The average Bonchev–Trinajstić information content (AvgIpc) is 3.02. The Morgan fingerprint density at radius 3 is 2.96 bits per heavy atom. The van der Waals surface area contributed by atoms with Crippen molar-refractivity contribution in [3.63, 3.8) is 0 Å². The van der Waals surface area contributed by atoms with E-state index in [1.807, 2.05) is 36.4 Å². The summed E-state index contributed by atoms with van der Waals surface area (Å²) >= 11 is 0. The molecule has 1 N–H and O–H groups in total. The first-order valence-corrected chi connectivity index (χ1v) is 7.55. The Hall–Kier alpha value is -2.95. The van der Waals surface area contributed by atoms with Gasteiger partial charge in [-0.1, -0.05) is 30.3 Å². The molecule has 1 heterocycles. The number of benzene rings is 2. The summed E-state index contributed by atoms with van der Waals surface area (Å²) < 4.78 is 5.31. The van der Waals surface area contributed by atoms with Crippen LogP contribution in [0.25, 0.3) is 10.8 Å². The molecule has 0 atom stereocenters. The molecule has 0 aliphatic heterocycles. The van der Waals surface area contributed by atoms with Crippen molar-refractivity contribution in [1.82, 2.24) is 10.2 Å². The minimum atomic E-state index is 0.673. The minimum Gasteiger partial charge on any atom is -0.497 e. The number of nitrogens with one attached hydrogen (secondary N) is 1. The summed E-state index contributed by atoms with van der Waals surface area (Å²) in [4.78, 5) is 0. The Labute approximate surface area is 134 Å². The fraction of sp³-hybridized carbons (Fsp3) is 0.167. The number of methoxy groups -OCH3 is 1. The first kappa shape index (κ1) is 13.7. The molecule has 3 aromatic rings. The van der Waals surface area contributed by atoms with Gasteiger partial charge in [0.25, 0.3) is 0 Å². The van der Waals surface area contributed by atoms with Gasteiger partial charge in [0.15, 0.2) is 5.82 Å². The predicted molar refractivity (Wildman–Crippen MR) is 91.0 cm³/mol. The summed E-state index contributed by atoms with van der Waals surface area (Å²) in [5.41, 5.74) is 6.55. The fourth-order valence-electron chi connectivity index (χ4n) is 2.90. The highest BCUT2D eigenvalue weighted by Crippen LogP contribution is 2.27. The molecule has 0 saturated heterocycles. The van der Waals surface area contributed by atoms with E-state index >= 15 is 0 Å². The van der Waals surface area contributed by atoms with Gasteiger partial charge in [-0.05, 0) is 30.5 Å². The van der Waals surface area contributed by atoms with Crippen LogP contribution in [0.3, 0.4) is 0 Å². The number of rotatable bonds is 3. The standard InChI is InChI=1S/C18H16N4O/c1-23-14-8-6-12-7-9-17(16(12)10-14)20-22-18-15-5-3-2-4-13(15)11-19-21-18/h2-6,8,10-11H,7,9H2,1H3,(H,21,22)/b20-17+. The van der Waals surface area contributed by atoms with Crippen molar-refractivity contribution in [2.45, 2.75) is 12.8 Å². The molecule has 5 heteroatoms. The molecule has 1 aromatic heterocycles. The smallest absolute Gasteiger partial charge is 0.176 e. The maximum Gasteiger partial charge on any atom is 0.176 e. The molecule has 1 aliphatic rings. The van der Waals surface area contributed by atoms with Crippen molar-refractivity contribution in [1.29, 1.82) is 0 Å². The maximum absolute atomic E-state index is 5.31. The van der Waals surface area contributed by atoms with Crippen molar-refractivity contribution in [2.75, 3.05) is 12.5 Å². The lowest BCUT2D eigenvalue weighted by Crippen LogP contribution is -2.02. The molecule has 0 radical (unpaired) electrons. The molecule has 114 valence electrons. The van der Waals surface area contributed by atoms with Crippen LogP contribution in [0.4, 0.5) is 5.82 Å². The molecule has 1 aliphatic carbocycles. The largest absolute Gasteiger partial charge is 0.497 e. The van der Waals surface area contributed by atoms with Crippen molar-refractivity contribution >= 4 is 22.3 Å². The van der Waals surface area contributed by atoms with Gasteiger partial charge in [0.2, 0.25) is 0 Å². The zero-order chi connectivity index (χ0) is 15.6. The lowest BCUT2D eigenvalue weighted by molar-refractivity contribution is 0.414. The van der Waals surface area contributed by atoms with Crippen LogP contribution in [-0.2, 0) is 6.42 Å². The van der Waals surface area contributed by atoms with Crippen LogP contribution in [0.15, 0.2) is 53.8 Å². The van der Waals surface area contributed by atoms with E-state index in [0.29, 0.717) is 5.82 Å². The van der Waals surface area contributed by atoms with E-state index in [0.717, 1.165) is 40.6 Å². The van der Waals surface area contributed by atoms with Gasteiger partial charge in [-0.25, -0.2) is 0 Å². The molecule has 0 fully saturated rings.